The molecule has 2 N–H and O–H groups in total. The van der Waals surface area contributed by atoms with Crippen LogP contribution in [-0.4, -0.2) is 20.2 Å². The van der Waals surface area contributed by atoms with Gasteiger partial charge in [-0.1, -0.05) is 11.6 Å². The summed E-state index contributed by atoms with van der Waals surface area (Å²) in [7, 11) is 0. The van der Waals surface area contributed by atoms with E-state index in [1.54, 1.807) is 12.4 Å². The normalized spacial score (nSPS) is 10.6. The SMILES string of the molecule is Cc1cc(Cl)cc(-c2nnc(N)nc2-c2cccnc2)c1. The number of halogens is 1. The highest BCUT2D eigenvalue weighted by Crippen LogP contribution is 2.30. The van der Waals surface area contributed by atoms with Gasteiger partial charge in [0.1, 0.15) is 11.4 Å². The molecule has 5 nitrogen and oxygen atoms in total. The van der Waals surface area contributed by atoms with Crippen LogP contribution in [0.4, 0.5) is 5.95 Å². The monoisotopic (exact) mass is 297 g/mol. The van der Waals surface area contributed by atoms with Crippen LogP contribution < -0.4 is 5.73 Å². The maximum atomic E-state index is 6.12. The molecule has 104 valence electrons. The van der Waals surface area contributed by atoms with E-state index in [0.29, 0.717) is 16.4 Å². The van der Waals surface area contributed by atoms with Crippen LogP contribution in [-0.2, 0) is 0 Å². The van der Waals surface area contributed by atoms with E-state index in [0.717, 1.165) is 16.7 Å². The number of nitrogens with zero attached hydrogens (tertiary/aromatic N) is 4. The molecule has 2 heterocycles. The quantitative estimate of drug-likeness (QED) is 0.786. The van der Waals surface area contributed by atoms with E-state index in [2.05, 4.69) is 20.2 Å². The highest BCUT2D eigenvalue weighted by atomic mass is 35.5. The number of nitrogens with two attached hydrogens (primary N) is 1. The molecule has 3 aromatic rings. The van der Waals surface area contributed by atoms with Gasteiger partial charge in [0.2, 0.25) is 5.95 Å². The van der Waals surface area contributed by atoms with Crippen LogP contribution >= 0.6 is 11.6 Å². The molecular weight excluding hydrogens is 286 g/mol. The number of nitrogen functional groups attached to an aromatic ring is 1. The number of aryl methyl sites for hydroxylation is 1. The van der Waals surface area contributed by atoms with Gasteiger partial charge in [0.15, 0.2) is 0 Å². The van der Waals surface area contributed by atoms with Crippen molar-refractivity contribution in [1.82, 2.24) is 20.2 Å². The Bertz CT molecular complexity index is 769. The van der Waals surface area contributed by atoms with Crippen LogP contribution in [0.3, 0.4) is 0 Å². The lowest BCUT2D eigenvalue weighted by Crippen LogP contribution is -2.02. The van der Waals surface area contributed by atoms with Gasteiger partial charge in [-0.2, -0.15) is 0 Å². The Kier molecular flexibility index (Phi) is 3.50. The van der Waals surface area contributed by atoms with E-state index < -0.39 is 0 Å². The fourth-order valence-corrected chi connectivity index (χ4v) is 2.40. The minimum atomic E-state index is 0.122. The van der Waals surface area contributed by atoms with E-state index in [-0.39, 0.29) is 5.95 Å². The summed E-state index contributed by atoms with van der Waals surface area (Å²) in [5.41, 5.74) is 9.64. The lowest BCUT2D eigenvalue weighted by atomic mass is 10.0. The lowest BCUT2D eigenvalue weighted by molar-refractivity contribution is 0.996. The second kappa shape index (κ2) is 5.46. The van der Waals surface area contributed by atoms with Gasteiger partial charge in [-0.3, -0.25) is 4.98 Å². The number of benzene rings is 1. The van der Waals surface area contributed by atoms with Gasteiger partial charge in [0, 0.05) is 28.5 Å². The molecule has 0 spiro atoms. The zero-order valence-electron chi connectivity index (χ0n) is 11.3. The van der Waals surface area contributed by atoms with Crippen molar-refractivity contribution in [3.63, 3.8) is 0 Å². The Morgan fingerprint density at radius 1 is 1.05 bits per heavy atom. The summed E-state index contributed by atoms with van der Waals surface area (Å²) < 4.78 is 0. The average Bonchev–Trinajstić information content (AvgIpc) is 2.47. The molecule has 0 radical (unpaired) electrons. The van der Waals surface area contributed by atoms with Crippen LogP contribution in [0.5, 0.6) is 0 Å². The zero-order valence-corrected chi connectivity index (χ0v) is 12.0. The van der Waals surface area contributed by atoms with Crippen molar-refractivity contribution in [2.24, 2.45) is 0 Å². The predicted octanol–water partition coefficient (Wildman–Crippen LogP) is 3.14. The molecule has 0 aliphatic heterocycles. The third kappa shape index (κ3) is 2.83. The van der Waals surface area contributed by atoms with E-state index >= 15 is 0 Å². The Hall–Kier alpha value is -2.53. The van der Waals surface area contributed by atoms with E-state index in [4.69, 9.17) is 17.3 Å². The molecule has 6 heteroatoms. The zero-order chi connectivity index (χ0) is 14.8. The molecule has 0 atom stereocenters. The minimum absolute atomic E-state index is 0.122. The number of aromatic nitrogens is 4. The molecule has 0 saturated carbocycles. The second-order valence-corrected chi connectivity index (χ2v) is 5.06. The third-order valence-corrected chi connectivity index (χ3v) is 3.17. The summed E-state index contributed by atoms with van der Waals surface area (Å²) in [6, 6.07) is 9.43. The molecule has 0 amide bonds. The third-order valence-electron chi connectivity index (χ3n) is 2.95. The minimum Gasteiger partial charge on any atom is -0.366 e. The van der Waals surface area contributed by atoms with E-state index in [1.165, 1.54) is 0 Å². The maximum absolute atomic E-state index is 6.12. The molecule has 0 unspecified atom stereocenters. The van der Waals surface area contributed by atoms with Crippen molar-refractivity contribution >= 4 is 17.5 Å². The summed E-state index contributed by atoms with van der Waals surface area (Å²) >= 11 is 6.12. The summed E-state index contributed by atoms with van der Waals surface area (Å²) in [6.45, 7) is 1.97. The van der Waals surface area contributed by atoms with Gasteiger partial charge in [-0.05, 0) is 42.8 Å². The number of pyridine rings is 1. The molecule has 0 fully saturated rings. The molecule has 0 aliphatic carbocycles. The fourth-order valence-electron chi connectivity index (χ4n) is 2.11. The van der Waals surface area contributed by atoms with Crippen LogP contribution in [0.25, 0.3) is 22.5 Å². The van der Waals surface area contributed by atoms with Gasteiger partial charge in [-0.25, -0.2) is 4.98 Å². The van der Waals surface area contributed by atoms with Crippen molar-refractivity contribution in [1.29, 1.82) is 0 Å². The average molecular weight is 298 g/mol. The first-order chi connectivity index (χ1) is 10.1. The first kappa shape index (κ1) is 13.5. The molecule has 0 saturated heterocycles. The summed E-state index contributed by atoms with van der Waals surface area (Å²) in [6.07, 6.45) is 3.41. The van der Waals surface area contributed by atoms with Crippen LogP contribution in [0.1, 0.15) is 5.56 Å². The lowest BCUT2D eigenvalue weighted by Gasteiger charge is -2.09. The predicted molar refractivity (Wildman–Crippen MR) is 82.7 cm³/mol. The van der Waals surface area contributed by atoms with Gasteiger partial charge >= 0.3 is 0 Å². The summed E-state index contributed by atoms with van der Waals surface area (Å²) in [5, 5.41) is 8.68. The highest BCUT2D eigenvalue weighted by Gasteiger charge is 2.13. The van der Waals surface area contributed by atoms with E-state index in [1.807, 2.05) is 37.3 Å². The largest absolute Gasteiger partial charge is 0.366 e. The first-order valence-corrected chi connectivity index (χ1v) is 6.69. The Balaban J connectivity index is 2.23. The molecular formula is C15H12ClN5. The molecule has 21 heavy (non-hydrogen) atoms. The van der Waals surface area contributed by atoms with Crippen molar-refractivity contribution in [3.8, 4) is 22.5 Å². The van der Waals surface area contributed by atoms with E-state index in [9.17, 15) is 0 Å². The number of anilines is 1. The first-order valence-electron chi connectivity index (χ1n) is 6.31. The molecule has 0 aliphatic rings. The van der Waals surface area contributed by atoms with Gasteiger partial charge in [-0.15, -0.1) is 10.2 Å². The van der Waals surface area contributed by atoms with Crippen LogP contribution in [0.2, 0.25) is 5.02 Å². The molecule has 3 rings (SSSR count). The van der Waals surface area contributed by atoms with Gasteiger partial charge in [0.25, 0.3) is 0 Å². The fraction of sp³-hybridized carbons (Fsp3) is 0.0667. The topological polar surface area (TPSA) is 77.6 Å². The van der Waals surface area contributed by atoms with Gasteiger partial charge in [0.05, 0.1) is 0 Å². The summed E-state index contributed by atoms with van der Waals surface area (Å²) in [4.78, 5) is 8.41. The Morgan fingerprint density at radius 3 is 2.62 bits per heavy atom. The number of hydrogen-bond donors (Lipinski definition) is 1. The highest BCUT2D eigenvalue weighted by molar-refractivity contribution is 6.31. The number of rotatable bonds is 2. The second-order valence-electron chi connectivity index (χ2n) is 4.63. The number of hydrogen-bond acceptors (Lipinski definition) is 5. The Labute approximate surface area is 126 Å². The van der Waals surface area contributed by atoms with Crippen molar-refractivity contribution in [2.75, 3.05) is 5.73 Å². The molecule has 0 bridgehead atoms. The maximum Gasteiger partial charge on any atom is 0.240 e. The smallest absolute Gasteiger partial charge is 0.240 e. The van der Waals surface area contributed by atoms with Crippen molar-refractivity contribution in [3.05, 3.63) is 53.3 Å². The van der Waals surface area contributed by atoms with Crippen molar-refractivity contribution in [2.45, 2.75) is 6.92 Å². The van der Waals surface area contributed by atoms with Crippen LogP contribution in [0, 0.1) is 6.92 Å². The standard InChI is InChI=1S/C15H12ClN5/c1-9-5-11(7-12(16)6-9)14-13(19-15(17)21-20-14)10-3-2-4-18-8-10/h2-8H,1H3,(H2,17,19,21). The molecule has 2 aromatic heterocycles. The summed E-state index contributed by atoms with van der Waals surface area (Å²) in [5.74, 6) is 0.122. The molecule has 1 aromatic carbocycles. The van der Waals surface area contributed by atoms with Crippen molar-refractivity contribution < 1.29 is 0 Å². The van der Waals surface area contributed by atoms with Gasteiger partial charge < -0.3 is 5.73 Å². The van der Waals surface area contributed by atoms with Crippen LogP contribution in [0.15, 0.2) is 42.7 Å². The Morgan fingerprint density at radius 2 is 1.90 bits per heavy atom.